The summed E-state index contributed by atoms with van der Waals surface area (Å²) < 4.78 is 0. The SMILES string of the molecule is CO/N=C(/CC/C(CCc1ccccc1)=N/OC)CCc1ccccc1. The molecule has 0 amide bonds. The average Bonchev–Trinajstić information content (AvgIpc) is 2.69. The first kappa shape index (κ1) is 19.7. The summed E-state index contributed by atoms with van der Waals surface area (Å²) in [6.45, 7) is 0. The first-order chi connectivity index (χ1) is 12.8. The van der Waals surface area contributed by atoms with E-state index in [0.29, 0.717) is 0 Å². The Morgan fingerprint density at radius 3 is 1.35 bits per heavy atom. The van der Waals surface area contributed by atoms with Crippen LogP contribution in [0.25, 0.3) is 0 Å². The second-order valence-corrected chi connectivity index (χ2v) is 6.15. The van der Waals surface area contributed by atoms with Gasteiger partial charge in [0.15, 0.2) is 0 Å². The number of rotatable bonds is 11. The molecule has 26 heavy (non-hydrogen) atoms. The van der Waals surface area contributed by atoms with E-state index in [9.17, 15) is 0 Å². The van der Waals surface area contributed by atoms with Gasteiger partial charge in [-0.15, -0.1) is 0 Å². The van der Waals surface area contributed by atoms with Gasteiger partial charge in [-0.1, -0.05) is 71.0 Å². The number of nitrogens with zero attached hydrogens (tertiary/aromatic N) is 2. The van der Waals surface area contributed by atoms with E-state index in [4.69, 9.17) is 9.68 Å². The summed E-state index contributed by atoms with van der Waals surface area (Å²) in [5.74, 6) is 0. The standard InChI is InChI=1S/C22H28N2O2/c1-25-23-21(15-13-19-9-5-3-6-10-19)17-18-22(24-26-2)16-14-20-11-7-4-8-12-20/h3-12H,13-18H2,1-2H3/b23-21+,24-22+. The normalized spacial score (nSPS) is 12.1. The monoisotopic (exact) mass is 352 g/mol. The van der Waals surface area contributed by atoms with Gasteiger partial charge < -0.3 is 9.68 Å². The highest BCUT2D eigenvalue weighted by Crippen LogP contribution is 2.11. The average molecular weight is 352 g/mol. The van der Waals surface area contributed by atoms with Crippen LogP contribution in [0.1, 0.15) is 36.8 Å². The molecule has 0 aliphatic rings. The van der Waals surface area contributed by atoms with E-state index in [-0.39, 0.29) is 0 Å². The fraction of sp³-hybridized carbons (Fsp3) is 0.364. The van der Waals surface area contributed by atoms with E-state index >= 15 is 0 Å². The van der Waals surface area contributed by atoms with Crippen molar-refractivity contribution < 1.29 is 9.68 Å². The van der Waals surface area contributed by atoms with Gasteiger partial charge in [0.05, 0.1) is 11.4 Å². The van der Waals surface area contributed by atoms with Crippen molar-refractivity contribution in [1.29, 1.82) is 0 Å². The molecule has 0 heterocycles. The number of hydrogen-bond acceptors (Lipinski definition) is 4. The molecule has 0 saturated heterocycles. The molecule has 0 N–H and O–H groups in total. The fourth-order valence-corrected chi connectivity index (χ4v) is 2.85. The van der Waals surface area contributed by atoms with Crippen molar-refractivity contribution in [2.24, 2.45) is 10.3 Å². The molecule has 0 bridgehead atoms. The number of oxime groups is 2. The molecule has 2 aromatic carbocycles. The van der Waals surface area contributed by atoms with Gasteiger partial charge in [0, 0.05) is 0 Å². The highest BCUT2D eigenvalue weighted by atomic mass is 16.6. The van der Waals surface area contributed by atoms with Crippen LogP contribution in [-0.2, 0) is 22.5 Å². The Balaban J connectivity index is 1.85. The van der Waals surface area contributed by atoms with Gasteiger partial charge >= 0.3 is 0 Å². The lowest BCUT2D eigenvalue weighted by atomic mass is 10.0. The topological polar surface area (TPSA) is 43.2 Å². The van der Waals surface area contributed by atoms with E-state index in [1.54, 1.807) is 14.2 Å². The minimum absolute atomic E-state index is 0.831. The molecule has 2 rings (SSSR count). The maximum Gasteiger partial charge on any atom is 0.106 e. The second-order valence-electron chi connectivity index (χ2n) is 6.15. The van der Waals surface area contributed by atoms with Crippen LogP contribution < -0.4 is 0 Å². The second kappa shape index (κ2) is 11.9. The van der Waals surface area contributed by atoms with Crippen LogP contribution >= 0.6 is 0 Å². The van der Waals surface area contributed by atoms with Gasteiger partial charge in [-0.3, -0.25) is 0 Å². The van der Waals surface area contributed by atoms with Crippen molar-refractivity contribution in [2.75, 3.05) is 14.2 Å². The highest BCUT2D eigenvalue weighted by molar-refractivity contribution is 5.91. The summed E-state index contributed by atoms with van der Waals surface area (Å²) in [5.41, 5.74) is 4.73. The lowest BCUT2D eigenvalue weighted by molar-refractivity contribution is 0.210. The molecule has 0 unspecified atom stereocenters. The third kappa shape index (κ3) is 7.51. The van der Waals surface area contributed by atoms with Gasteiger partial charge in [0.1, 0.15) is 14.2 Å². The van der Waals surface area contributed by atoms with E-state index in [1.165, 1.54) is 11.1 Å². The van der Waals surface area contributed by atoms with Crippen molar-refractivity contribution in [3.05, 3.63) is 71.8 Å². The van der Waals surface area contributed by atoms with Crippen LogP contribution in [0, 0.1) is 0 Å². The maximum absolute atomic E-state index is 5.03. The van der Waals surface area contributed by atoms with Gasteiger partial charge in [0.25, 0.3) is 0 Å². The van der Waals surface area contributed by atoms with E-state index in [1.807, 2.05) is 12.1 Å². The zero-order chi connectivity index (χ0) is 18.5. The molecule has 4 heteroatoms. The molecular weight excluding hydrogens is 324 g/mol. The van der Waals surface area contributed by atoms with E-state index in [0.717, 1.165) is 49.9 Å². The fourth-order valence-electron chi connectivity index (χ4n) is 2.85. The number of benzene rings is 2. The first-order valence-corrected chi connectivity index (χ1v) is 9.07. The quantitative estimate of drug-likeness (QED) is 0.420. The van der Waals surface area contributed by atoms with E-state index in [2.05, 4.69) is 58.8 Å². The smallest absolute Gasteiger partial charge is 0.106 e. The lowest BCUT2D eigenvalue weighted by Crippen LogP contribution is -2.08. The summed E-state index contributed by atoms with van der Waals surface area (Å²) in [7, 11) is 3.20. The Morgan fingerprint density at radius 1 is 0.615 bits per heavy atom. The molecule has 2 aromatic rings. The van der Waals surface area contributed by atoms with Crippen LogP contribution in [0.15, 0.2) is 71.0 Å². The Labute approximate surface area is 156 Å². The summed E-state index contributed by atoms with van der Waals surface area (Å²) in [5, 5.41) is 8.42. The third-order valence-corrected chi connectivity index (χ3v) is 4.23. The van der Waals surface area contributed by atoms with Crippen LogP contribution in [0.2, 0.25) is 0 Å². The predicted octanol–water partition coefficient (Wildman–Crippen LogP) is 5.04. The third-order valence-electron chi connectivity index (χ3n) is 4.23. The highest BCUT2D eigenvalue weighted by Gasteiger charge is 2.07. The molecule has 0 aliphatic carbocycles. The minimum atomic E-state index is 0.831. The van der Waals surface area contributed by atoms with Gasteiger partial charge in [-0.2, -0.15) is 0 Å². The van der Waals surface area contributed by atoms with Crippen molar-refractivity contribution in [3.63, 3.8) is 0 Å². The zero-order valence-corrected chi connectivity index (χ0v) is 15.7. The molecule has 138 valence electrons. The number of hydrogen-bond donors (Lipinski definition) is 0. The Bertz CT molecular complexity index is 620. The molecule has 0 aliphatic heterocycles. The van der Waals surface area contributed by atoms with Crippen molar-refractivity contribution >= 4 is 11.4 Å². The molecule has 0 atom stereocenters. The molecular formula is C22H28N2O2. The predicted molar refractivity (Wildman–Crippen MR) is 108 cm³/mol. The van der Waals surface area contributed by atoms with Crippen molar-refractivity contribution in [2.45, 2.75) is 38.5 Å². The van der Waals surface area contributed by atoms with Gasteiger partial charge in [0.2, 0.25) is 0 Å². The summed E-state index contributed by atoms with van der Waals surface area (Å²) in [6.07, 6.45) is 5.36. The van der Waals surface area contributed by atoms with Crippen LogP contribution in [0.3, 0.4) is 0 Å². The Hall–Kier alpha value is -2.62. The van der Waals surface area contributed by atoms with Crippen molar-refractivity contribution in [3.8, 4) is 0 Å². The van der Waals surface area contributed by atoms with Crippen molar-refractivity contribution in [1.82, 2.24) is 0 Å². The van der Waals surface area contributed by atoms with E-state index < -0.39 is 0 Å². The summed E-state index contributed by atoms with van der Waals surface area (Å²) in [4.78, 5) is 10.1. The Kier molecular flexibility index (Phi) is 8.98. The largest absolute Gasteiger partial charge is 0.399 e. The molecule has 0 fully saturated rings. The van der Waals surface area contributed by atoms with Gasteiger partial charge in [-0.05, 0) is 49.7 Å². The van der Waals surface area contributed by atoms with Crippen LogP contribution in [0.4, 0.5) is 0 Å². The molecule has 0 saturated carbocycles. The number of aryl methyl sites for hydroxylation is 2. The van der Waals surface area contributed by atoms with Gasteiger partial charge in [-0.25, -0.2) is 0 Å². The van der Waals surface area contributed by atoms with Crippen LogP contribution in [-0.4, -0.2) is 25.6 Å². The summed E-state index contributed by atoms with van der Waals surface area (Å²) >= 11 is 0. The molecule has 0 spiro atoms. The van der Waals surface area contributed by atoms with Crippen LogP contribution in [0.5, 0.6) is 0 Å². The molecule has 0 radical (unpaired) electrons. The molecule has 4 nitrogen and oxygen atoms in total. The first-order valence-electron chi connectivity index (χ1n) is 9.07. The minimum Gasteiger partial charge on any atom is -0.399 e. The molecule has 0 aromatic heterocycles. The maximum atomic E-state index is 5.03. The Morgan fingerprint density at radius 2 is 1.00 bits per heavy atom. The lowest BCUT2D eigenvalue weighted by Gasteiger charge is -2.09. The zero-order valence-electron chi connectivity index (χ0n) is 15.7. The summed E-state index contributed by atoms with van der Waals surface area (Å²) in [6, 6.07) is 20.9.